The number of nitroso groups, excluding NO2 is 1. The minimum atomic E-state index is -3.17. The highest BCUT2D eigenvalue weighted by Crippen LogP contribution is 2.37. The van der Waals surface area contributed by atoms with Crippen LogP contribution < -0.4 is 15.1 Å². The van der Waals surface area contributed by atoms with Crippen LogP contribution in [0.1, 0.15) is 0 Å². The molecule has 0 fully saturated rings. The molecule has 0 unspecified atom stereocenters. The lowest BCUT2D eigenvalue weighted by molar-refractivity contribution is -0.112. The van der Waals surface area contributed by atoms with E-state index in [1.165, 1.54) is 24.3 Å². The largest absolute Gasteiger partial charge is 0.433 e. The number of anilines is 3. The van der Waals surface area contributed by atoms with Crippen molar-refractivity contribution in [2.75, 3.05) is 31.0 Å². The predicted octanol–water partition coefficient (Wildman–Crippen LogP) is 4.90. The third-order valence-corrected chi connectivity index (χ3v) is 4.65. The average molecular weight is 495 g/mol. The molecule has 178 valence electrons. The van der Waals surface area contributed by atoms with Crippen LogP contribution in [0, 0.1) is 10.7 Å². The summed E-state index contributed by atoms with van der Waals surface area (Å²) in [5, 5.41) is 6.13. The Hall–Kier alpha value is -3.77. The lowest BCUT2D eigenvalue weighted by Crippen LogP contribution is -2.14. The summed E-state index contributed by atoms with van der Waals surface area (Å²) >= 11 is 5.81. The summed E-state index contributed by atoms with van der Waals surface area (Å²) < 4.78 is 44.1. The molecule has 0 radical (unpaired) electrons. The molecule has 0 spiro atoms. The summed E-state index contributed by atoms with van der Waals surface area (Å²) in [4.78, 5) is 33.9. The Labute approximate surface area is 196 Å². The molecule has 1 aromatic heterocycles. The minimum Gasteiger partial charge on any atom is -0.433 e. The molecule has 0 aliphatic carbocycles. The number of carbonyl (C=O) groups is 1. The number of halogens is 4. The van der Waals surface area contributed by atoms with Gasteiger partial charge in [-0.05, 0) is 38.4 Å². The van der Waals surface area contributed by atoms with Gasteiger partial charge >= 0.3 is 6.61 Å². The van der Waals surface area contributed by atoms with Crippen molar-refractivity contribution < 1.29 is 22.7 Å². The van der Waals surface area contributed by atoms with Gasteiger partial charge in [0.15, 0.2) is 11.6 Å². The number of hydrogen-bond donors (Lipinski definition) is 1. The third kappa shape index (κ3) is 5.97. The number of fused-ring (bicyclic) bond motifs is 1. The number of hydrogen-bond acceptors (Lipinski definition) is 7. The van der Waals surface area contributed by atoms with E-state index >= 15 is 0 Å². The number of amides is 1. The van der Waals surface area contributed by atoms with Gasteiger partial charge in [0.25, 0.3) is 0 Å². The van der Waals surface area contributed by atoms with E-state index in [1.807, 2.05) is 19.0 Å². The Morgan fingerprint density at radius 2 is 2.03 bits per heavy atom. The molecule has 2 aromatic carbocycles. The number of carbonyl (C=O) groups excluding carboxylic acids is 1. The molecule has 0 bridgehead atoms. The molecule has 0 saturated carbocycles. The van der Waals surface area contributed by atoms with Crippen LogP contribution >= 0.6 is 11.6 Å². The lowest BCUT2D eigenvalue weighted by atomic mass is 10.1. The van der Waals surface area contributed by atoms with E-state index in [0.717, 1.165) is 23.5 Å². The predicted molar refractivity (Wildman–Crippen MR) is 122 cm³/mol. The zero-order chi connectivity index (χ0) is 24.8. The fourth-order valence-electron chi connectivity index (χ4n) is 2.90. The van der Waals surface area contributed by atoms with Crippen molar-refractivity contribution >= 4 is 45.6 Å². The fourth-order valence-corrected chi connectivity index (χ4v) is 3.07. The zero-order valence-corrected chi connectivity index (χ0v) is 18.6. The molecule has 1 heterocycles. The van der Waals surface area contributed by atoms with E-state index in [4.69, 9.17) is 11.6 Å². The van der Waals surface area contributed by atoms with E-state index in [2.05, 4.69) is 25.3 Å². The first kappa shape index (κ1) is 24.9. The van der Waals surface area contributed by atoms with E-state index in [9.17, 15) is 22.9 Å². The standard InChI is InChI=1S/C21H18ClF3N6O3/c1-30(2)7-3-4-19(32)28-17-9-13-16(10-18(17)34-21(24)25)26-11-27-20(13)31(29-33)12-5-6-15(23)14(22)8-12/h3-6,8-11,21H,7H2,1-2H3,(H,28,32)/b4-3+. The number of benzene rings is 2. The number of alkyl halides is 2. The first-order valence-corrected chi connectivity index (χ1v) is 10.0. The number of rotatable bonds is 9. The van der Waals surface area contributed by atoms with Gasteiger partial charge in [-0.2, -0.15) is 13.8 Å². The number of nitrogens with zero attached hydrogens (tertiary/aromatic N) is 5. The Morgan fingerprint density at radius 3 is 2.68 bits per heavy atom. The Kier molecular flexibility index (Phi) is 7.97. The maximum atomic E-state index is 13.6. The first-order valence-electron chi connectivity index (χ1n) is 9.64. The summed E-state index contributed by atoms with van der Waals surface area (Å²) in [6.45, 7) is -2.70. The van der Waals surface area contributed by atoms with Crippen LogP contribution in [0.15, 0.2) is 54.1 Å². The molecule has 0 aliphatic rings. The summed E-state index contributed by atoms with van der Waals surface area (Å²) in [6.07, 6.45) is 3.89. The second-order valence-corrected chi connectivity index (χ2v) is 7.49. The van der Waals surface area contributed by atoms with Crippen molar-refractivity contribution in [2.24, 2.45) is 5.29 Å². The first-order chi connectivity index (χ1) is 16.2. The van der Waals surface area contributed by atoms with Gasteiger partial charge in [-0.25, -0.2) is 14.4 Å². The molecule has 34 heavy (non-hydrogen) atoms. The highest BCUT2D eigenvalue weighted by atomic mass is 35.5. The smallest absolute Gasteiger partial charge is 0.387 e. The van der Waals surface area contributed by atoms with Crippen molar-refractivity contribution in [2.45, 2.75) is 6.61 Å². The lowest BCUT2D eigenvalue weighted by Gasteiger charge is -2.18. The average Bonchev–Trinajstić information content (AvgIpc) is 2.76. The number of nitrogens with one attached hydrogen (secondary N) is 1. The summed E-state index contributed by atoms with van der Waals surface area (Å²) in [6, 6.07) is 5.89. The van der Waals surface area contributed by atoms with Gasteiger partial charge in [0, 0.05) is 24.1 Å². The molecule has 1 amide bonds. The van der Waals surface area contributed by atoms with Crippen molar-refractivity contribution in [1.29, 1.82) is 0 Å². The van der Waals surface area contributed by atoms with Crippen molar-refractivity contribution in [3.05, 3.63) is 64.6 Å². The molecule has 0 atom stereocenters. The van der Waals surface area contributed by atoms with Crippen LogP contribution in [-0.4, -0.2) is 48.0 Å². The van der Waals surface area contributed by atoms with Gasteiger partial charge in [-0.1, -0.05) is 17.7 Å². The number of likely N-dealkylation sites (N-methyl/N-ethyl adjacent to an activating group) is 1. The monoisotopic (exact) mass is 494 g/mol. The molecule has 1 N–H and O–H groups in total. The highest BCUT2D eigenvalue weighted by molar-refractivity contribution is 6.31. The molecule has 0 saturated heterocycles. The maximum Gasteiger partial charge on any atom is 0.387 e. The van der Waals surface area contributed by atoms with Crippen molar-refractivity contribution in [3.8, 4) is 5.75 Å². The Balaban J connectivity index is 2.09. The van der Waals surface area contributed by atoms with E-state index in [0.29, 0.717) is 6.54 Å². The van der Waals surface area contributed by atoms with Crippen molar-refractivity contribution in [3.63, 3.8) is 0 Å². The summed E-state index contributed by atoms with van der Waals surface area (Å²) in [7, 11) is 3.62. The van der Waals surface area contributed by atoms with Crippen molar-refractivity contribution in [1.82, 2.24) is 14.9 Å². The fraction of sp³-hybridized carbons (Fsp3) is 0.190. The van der Waals surface area contributed by atoms with Crippen LogP contribution in [0.3, 0.4) is 0 Å². The molecule has 3 rings (SSSR count). The van der Waals surface area contributed by atoms with Crippen LogP contribution in [0.5, 0.6) is 5.75 Å². The second kappa shape index (κ2) is 10.9. The van der Waals surface area contributed by atoms with Gasteiger partial charge in [-0.3, -0.25) is 4.79 Å². The van der Waals surface area contributed by atoms with Gasteiger partial charge < -0.3 is 15.0 Å². The minimum absolute atomic E-state index is 0.0649. The molecular weight excluding hydrogens is 477 g/mol. The number of aromatic nitrogens is 2. The molecule has 9 nitrogen and oxygen atoms in total. The summed E-state index contributed by atoms with van der Waals surface area (Å²) in [5.41, 5.74) is 0.0847. The van der Waals surface area contributed by atoms with Crippen LogP contribution in [0.2, 0.25) is 5.02 Å². The maximum absolute atomic E-state index is 13.6. The second-order valence-electron chi connectivity index (χ2n) is 7.09. The van der Waals surface area contributed by atoms with Gasteiger partial charge in [0.05, 0.1) is 27.2 Å². The summed E-state index contributed by atoms with van der Waals surface area (Å²) in [5.74, 6) is -1.72. The Bertz CT molecular complexity index is 1240. The molecule has 0 aliphatic heterocycles. The van der Waals surface area contributed by atoms with Gasteiger partial charge in [-0.15, -0.1) is 4.91 Å². The molecule has 3 aromatic rings. The third-order valence-electron chi connectivity index (χ3n) is 4.36. The van der Waals surface area contributed by atoms with Crippen LogP contribution in [0.25, 0.3) is 10.9 Å². The SMILES string of the molecule is CN(C)C/C=C/C(=O)Nc1cc2c(N(N=O)c3ccc(F)c(Cl)c3)ncnc2cc1OC(F)F. The van der Waals surface area contributed by atoms with Crippen LogP contribution in [0.4, 0.5) is 30.4 Å². The zero-order valence-electron chi connectivity index (χ0n) is 17.9. The van der Waals surface area contributed by atoms with E-state index in [-0.39, 0.29) is 38.9 Å². The molecular formula is C21H18ClF3N6O3. The quantitative estimate of drug-likeness (QED) is 0.256. The topological polar surface area (TPSA) is 100 Å². The highest BCUT2D eigenvalue weighted by Gasteiger charge is 2.20. The van der Waals surface area contributed by atoms with Gasteiger partial charge in [0.2, 0.25) is 5.91 Å². The van der Waals surface area contributed by atoms with E-state index in [1.54, 1.807) is 6.08 Å². The van der Waals surface area contributed by atoms with E-state index < -0.39 is 18.3 Å². The van der Waals surface area contributed by atoms with Crippen LogP contribution in [-0.2, 0) is 4.79 Å². The molecule has 13 heteroatoms. The normalized spacial score (nSPS) is 11.4. The van der Waals surface area contributed by atoms with Gasteiger partial charge in [0.1, 0.15) is 12.1 Å². The number of ether oxygens (including phenoxy) is 1. The Morgan fingerprint density at radius 1 is 1.26 bits per heavy atom.